The van der Waals surface area contributed by atoms with E-state index >= 15 is 0 Å². The van der Waals surface area contributed by atoms with Crippen molar-refractivity contribution in [2.24, 2.45) is 0 Å². The summed E-state index contributed by atoms with van der Waals surface area (Å²) in [7, 11) is -2.25. The minimum Gasteiger partial charge on any atom is -1.00 e. The van der Waals surface area contributed by atoms with Gasteiger partial charge >= 0.3 is 142 Å². The normalized spacial score (nSPS) is 19.9. The molecular formula is C16H27Si2Sm. The summed E-state index contributed by atoms with van der Waals surface area (Å²) in [5.41, 5.74) is 0. The fraction of sp³-hybridized carbons (Fsp3) is 0.500. The van der Waals surface area contributed by atoms with E-state index in [2.05, 4.69) is 63.6 Å². The van der Waals surface area contributed by atoms with Gasteiger partial charge in [-0.2, -0.15) is 0 Å². The first kappa shape index (κ1) is 16.1. The molecule has 2 rings (SSSR count). The minimum atomic E-state index is -1.12. The van der Waals surface area contributed by atoms with Crippen molar-refractivity contribution in [3.05, 3.63) is 37.3 Å². The summed E-state index contributed by atoms with van der Waals surface area (Å²) in [5.74, 6) is 0. The van der Waals surface area contributed by atoms with Gasteiger partial charge in [-0.25, -0.2) is 0 Å². The van der Waals surface area contributed by atoms with Gasteiger partial charge in [0.15, 0.2) is 0 Å². The second-order valence-electron chi connectivity index (χ2n) is 7.49. The molecule has 19 heavy (non-hydrogen) atoms. The Labute approximate surface area is 142 Å². The van der Waals surface area contributed by atoms with Crippen molar-refractivity contribution in [2.45, 2.75) is 52.1 Å². The van der Waals surface area contributed by atoms with Crippen LogP contribution in [-0.4, -0.2) is 16.1 Å². The molecule has 0 N–H and O–H groups in total. The van der Waals surface area contributed by atoms with Crippen LogP contribution >= 0.6 is 0 Å². The molecule has 0 aliphatic heterocycles. The van der Waals surface area contributed by atoms with Crippen LogP contribution in [-0.2, 0) is 0 Å². The monoisotopic (exact) mass is 427 g/mol. The Kier molecular flexibility index (Phi) is 4.96. The van der Waals surface area contributed by atoms with Gasteiger partial charge in [0.05, 0.1) is 0 Å². The van der Waals surface area contributed by atoms with Crippen molar-refractivity contribution in [1.82, 2.24) is 0 Å². The van der Waals surface area contributed by atoms with Crippen molar-refractivity contribution in [2.75, 3.05) is 0 Å². The van der Waals surface area contributed by atoms with Gasteiger partial charge in [0.25, 0.3) is 0 Å². The Balaban J connectivity index is 0.00000200. The molecule has 0 radical (unpaired) electrons. The number of hydrogen-bond donors (Lipinski definition) is 0. The first-order chi connectivity index (χ1) is 8.69. The van der Waals surface area contributed by atoms with Crippen LogP contribution in [0.15, 0.2) is 37.3 Å². The minimum absolute atomic E-state index is 0. The topological polar surface area (TPSA) is 0 Å². The molecule has 105 valence electrons. The van der Waals surface area contributed by atoms with Crippen molar-refractivity contribution in [3.63, 3.8) is 0 Å². The molecule has 0 aromatic heterocycles. The summed E-state index contributed by atoms with van der Waals surface area (Å²) in [6.45, 7) is 15.0. The van der Waals surface area contributed by atoms with Gasteiger partial charge in [-0.1, -0.05) is 0 Å². The molecule has 0 bridgehead atoms. The third-order valence-electron chi connectivity index (χ3n) is 3.64. The molecule has 0 fully saturated rings. The van der Waals surface area contributed by atoms with Crippen LogP contribution in [0.1, 0.15) is 14.3 Å². The third-order valence-corrected chi connectivity index (χ3v) is 13.1. The third kappa shape index (κ3) is 3.89. The smallest absolute Gasteiger partial charge is 1.00 e. The van der Waals surface area contributed by atoms with Crippen LogP contribution in [0.4, 0.5) is 0 Å². The second-order valence-corrected chi connectivity index (χ2v) is 21.4. The van der Waals surface area contributed by atoms with Crippen molar-refractivity contribution < 1.29 is 37.7 Å². The maximum atomic E-state index is 2.50. The van der Waals surface area contributed by atoms with Gasteiger partial charge in [0, 0.05) is 0 Å². The van der Waals surface area contributed by atoms with Gasteiger partial charge in [-0.15, -0.1) is 0 Å². The Morgan fingerprint density at radius 3 is 1.47 bits per heavy atom. The average molecular weight is 426 g/mol. The Morgan fingerprint density at radius 1 is 0.789 bits per heavy atom. The standard InChI is InChI=1S/2C8H13Si.Sm.H/c2*1-9(2,3)8-6-4-5-7-8;;/h2*4,6H,5H2,1-3H3;;/q;;+1;-1. The predicted molar refractivity (Wildman–Crippen MR) is 89.4 cm³/mol. The van der Waals surface area contributed by atoms with Crippen LogP contribution in [0.25, 0.3) is 0 Å². The zero-order valence-corrected chi connectivity index (χ0v) is 17.8. The van der Waals surface area contributed by atoms with E-state index in [0.29, 0.717) is 0 Å². The van der Waals surface area contributed by atoms with E-state index in [9.17, 15) is 0 Å². The van der Waals surface area contributed by atoms with E-state index in [1.165, 1.54) is 12.8 Å². The second kappa shape index (κ2) is 5.85. The summed E-state index contributed by atoms with van der Waals surface area (Å²) >= 11 is -0.471. The fourth-order valence-electron chi connectivity index (χ4n) is 2.65. The SMILES string of the molecule is C[Si](C)(C)C1=[C]([Sm+][C]2=C([Si](C)(C)C)C=CC2)CC=C1.[H-]. The summed E-state index contributed by atoms with van der Waals surface area (Å²) < 4.78 is 3.77. The van der Waals surface area contributed by atoms with Gasteiger partial charge in [0.2, 0.25) is 0 Å². The van der Waals surface area contributed by atoms with Crippen LogP contribution in [0.2, 0.25) is 39.3 Å². The Morgan fingerprint density at radius 2 is 1.16 bits per heavy atom. The number of rotatable bonds is 4. The Bertz CT molecular complexity index is 454. The van der Waals surface area contributed by atoms with E-state index in [1.54, 1.807) is 10.4 Å². The molecule has 2 aliphatic carbocycles. The van der Waals surface area contributed by atoms with Crippen molar-refractivity contribution in [1.29, 1.82) is 0 Å². The zero-order chi connectivity index (χ0) is 14.3. The van der Waals surface area contributed by atoms with Crippen LogP contribution in [0, 0.1) is 36.3 Å². The summed E-state index contributed by atoms with van der Waals surface area (Å²) in [6, 6.07) is 0. The molecule has 0 heterocycles. The molecule has 0 aromatic carbocycles. The van der Waals surface area contributed by atoms with E-state index in [0.717, 1.165) is 0 Å². The molecule has 0 aromatic rings. The van der Waals surface area contributed by atoms with Gasteiger partial charge in [0.1, 0.15) is 0 Å². The zero-order valence-electron chi connectivity index (χ0n) is 14.1. The van der Waals surface area contributed by atoms with Crippen LogP contribution < -0.4 is 0 Å². The molecule has 0 saturated heterocycles. The predicted octanol–water partition coefficient (Wildman–Crippen LogP) is 5.37. The Hall–Kier alpha value is 0.731. The summed E-state index contributed by atoms with van der Waals surface area (Å²) in [6.07, 6.45) is 12.3. The van der Waals surface area contributed by atoms with Gasteiger partial charge in [-0.3, -0.25) is 0 Å². The van der Waals surface area contributed by atoms with E-state index in [1.807, 2.05) is 2.58 Å². The molecule has 0 atom stereocenters. The molecule has 0 saturated carbocycles. The van der Waals surface area contributed by atoms with Crippen molar-refractivity contribution in [3.8, 4) is 0 Å². The van der Waals surface area contributed by atoms with Gasteiger partial charge in [-0.05, 0) is 0 Å². The van der Waals surface area contributed by atoms with Crippen LogP contribution in [0.5, 0.6) is 0 Å². The van der Waals surface area contributed by atoms with E-state index < -0.39 is 52.4 Å². The molecule has 0 amide bonds. The quantitative estimate of drug-likeness (QED) is 0.531. The molecule has 0 spiro atoms. The first-order valence-corrected chi connectivity index (χ1v) is 16.8. The molecule has 0 nitrogen and oxygen atoms in total. The molecule has 3 heteroatoms. The van der Waals surface area contributed by atoms with E-state index in [4.69, 9.17) is 0 Å². The maximum absolute atomic E-state index is 2.50. The first-order valence-electron chi connectivity index (χ1n) is 7.18. The summed E-state index contributed by atoms with van der Waals surface area (Å²) in [5, 5.41) is 3.57. The molecule has 0 unspecified atom stereocenters. The number of allylic oxidation sites excluding steroid dienone is 8. The largest absolute Gasteiger partial charge is 1.00 e. The molecular weight excluding hydrogens is 399 g/mol. The van der Waals surface area contributed by atoms with Crippen LogP contribution in [0.3, 0.4) is 0 Å². The van der Waals surface area contributed by atoms with Gasteiger partial charge < -0.3 is 1.43 Å². The van der Waals surface area contributed by atoms with Crippen molar-refractivity contribution >= 4 is 16.1 Å². The summed E-state index contributed by atoms with van der Waals surface area (Å²) in [4.78, 5) is 0. The fourth-order valence-corrected chi connectivity index (χ4v) is 15.7. The maximum Gasteiger partial charge on any atom is -1.00 e. The average Bonchev–Trinajstić information content (AvgIpc) is 2.83. The van der Waals surface area contributed by atoms with E-state index in [-0.39, 0.29) is 1.43 Å². The molecule has 2 aliphatic rings. The number of hydrogen-bond acceptors (Lipinski definition) is 0.